The molecule has 4 rings (SSSR count). The number of amides is 1. The molecule has 2 N–H and O–H groups in total. The van der Waals surface area contributed by atoms with Crippen LogP contribution in [0.1, 0.15) is 41.0 Å². The first kappa shape index (κ1) is 19.9. The summed E-state index contributed by atoms with van der Waals surface area (Å²) in [6.45, 7) is 2.85. The molecule has 1 amide bonds. The predicted molar refractivity (Wildman–Crippen MR) is 116 cm³/mol. The van der Waals surface area contributed by atoms with Crippen molar-refractivity contribution in [3.8, 4) is 0 Å². The van der Waals surface area contributed by atoms with Crippen molar-refractivity contribution in [2.45, 2.75) is 32.4 Å². The molecule has 8 heteroatoms. The van der Waals surface area contributed by atoms with Crippen LogP contribution in [0.4, 0.5) is 0 Å². The van der Waals surface area contributed by atoms with Gasteiger partial charge in [-0.25, -0.2) is 0 Å². The van der Waals surface area contributed by atoms with Crippen LogP contribution in [-0.4, -0.2) is 51.5 Å². The molecule has 1 saturated heterocycles. The molecule has 1 aliphatic rings. The summed E-state index contributed by atoms with van der Waals surface area (Å²) < 4.78 is 1.94. The van der Waals surface area contributed by atoms with E-state index in [1.807, 2.05) is 58.0 Å². The average Bonchev–Trinajstić information content (AvgIpc) is 3.23. The Morgan fingerprint density at radius 3 is 2.53 bits per heavy atom. The van der Waals surface area contributed by atoms with Crippen LogP contribution >= 0.6 is 0 Å². The number of carbonyl (C=O) groups excluding carboxylic acids is 1. The van der Waals surface area contributed by atoms with E-state index in [0.717, 1.165) is 48.5 Å². The van der Waals surface area contributed by atoms with E-state index in [9.17, 15) is 4.79 Å². The molecule has 0 atom stereocenters. The SMILES string of the molecule is CN=C(NCc1ccc(C(=O)N2CCCCC2)cc1)NCc1nnc2ccccn12. The van der Waals surface area contributed by atoms with Crippen molar-refractivity contribution in [2.75, 3.05) is 20.1 Å². The van der Waals surface area contributed by atoms with Gasteiger partial charge in [0, 0.05) is 38.4 Å². The van der Waals surface area contributed by atoms with Gasteiger partial charge in [-0.05, 0) is 49.1 Å². The van der Waals surface area contributed by atoms with E-state index in [1.165, 1.54) is 6.42 Å². The fourth-order valence-electron chi connectivity index (χ4n) is 3.63. The average molecular weight is 406 g/mol. The third-order valence-electron chi connectivity index (χ3n) is 5.33. The molecular formula is C22H27N7O. The van der Waals surface area contributed by atoms with Crippen LogP contribution in [0.3, 0.4) is 0 Å². The molecule has 0 radical (unpaired) electrons. The summed E-state index contributed by atoms with van der Waals surface area (Å²) in [7, 11) is 1.73. The zero-order valence-electron chi connectivity index (χ0n) is 17.2. The number of rotatable bonds is 5. The number of carbonyl (C=O) groups is 1. The maximum atomic E-state index is 12.6. The van der Waals surface area contributed by atoms with Crippen LogP contribution < -0.4 is 10.6 Å². The largest absolute Gasteiger partial charge is 0.352 e. The van der Waals surface area contributed by atoms with Gasteiger partial charge in [0.25, 0.3) is 5.91 Å². The van der Waals surface area contributed by atoms with Gasteiger partial charge in [-0.1, -0.05) is 18.2 Å². The fraction of sp³-hybridized carbons (Fsp3) is 0.364. The zero-order valence-corrected chi connectivity index (χ0v) is 17.2. The summed E-state index contributed by atoms with van der Waals surface area (Å²) in [4.78, 5) is 18.8. The standard InChI is InChI=1S/C22H27N7O/c1-23-22(25-16-20-27-26-19-7-3-6-14-29(19)20)24-15-17-8-10-18(11-9-17)21(30)28-12-4-2-5-13-28/h3,6-11,14H,2,4-5,12-13,15-16H2,1H3,(H2,23,24,25). The summed E-state index contributed by atoms with van der Waals surface area (Å²) in [5.41, 5.74) is 2.65. The first-order chi connectivity index (χ1) is 14.7. The highest BCUT2D eigenvalue weighted by atomic mass is 16.2. The lowest BCUT2D eigenvalue weighted by molar-refractivity contribution is 0.0724. The van der Waals surface area contributed by atoms with Gasteiger partial charge < -0.3 is 15.5 Å². The number of hydrogen-bond acceptors (Lipinski definition) is 4. The second kappa shape index (κ2) is 9.39. The Balaban J connectivity index is 1.30. The van der Waals surface area contributed by atoms with Crippen molar-refractivity contribution in [3.05, 3.63) is 65.6 Å². The number of nitrogens with one attached hydrogen (secondary N) is 2. The number of guanidine groups is 1. The second-order valence-corrected chi connectivity index (χ2v) is 7.37. The molecule has 1 aromatic carbocycles. The van der Waals surface area contributed by atoms with Gasteiger partial charge in [0.05, 0.1) is 6.54 Å². The van der Waals surface area contributed by atoms with Gasteiger partial charge in [0.15, 0.2) is 17.4 Å². The third-order valence-corrected chi connectivity index (χ3v) is 5.33. The summed E-state index contributed by atoms with van der Waals surface area (Å²) in [6.07, 6.45) is 5.36. The predicted octanol–water partition coefficient (Wildman–Crippen LogP) is 2.22. The summed E-state index contributed by atoms with van der Waals surface area (Å²) in [5, 5.41) is 14.9. The van der Waals surface area contributed by atoms with Crippen LogP contribution in [0.5, 0.6) is 0 Å². The van der Waals surface area contributed by atoms with E-state index in [-0.39, 0.29) is 5.91 Å². The lowest BCUT2D eigenvalue weighted by atomic mass is 10.1. The van der Waals surface area contributed by atoms with Crippen LogP contribution in [0.15, 0.2) is 53.7 Å². The Hall–Kier alpha value is -3.42. The van der Waals surface area contributed by atoms with Gasteiger partial charge >= 0.3 is 0 Å². The lowest BCUT2D eigenvalue weighted by Crippen LogP contribution is -2.37. The molecule has 0 spiro atoms. The van der Waals surface area contributed by atoms with Gasteiger partial charge in [0.1, 0.15) is 0 Å². The molecular weight excluding hydrogens is 378 g/mol. The molecule has 3 heterocycles. The van der Waals surface area contributed by atoms with Crippen LogP contribution in [0.2, 0.25) is 0 Å². The molecule has 3 aromatic rings. The normalized spacial score (nSPS) is 14.7. The van der Waals surface area contributed by atoms with E-state index < -0.39 is 0 Å². The Bertz CT molecular complexity index is 1020. The number of likely N-dealkylation sites (tertiary alicyclic amines) is 1. The number of benzene rings is 1. The topological polar surface area (TPSA) is 86.9 Å². The number of aromatic nitrogens is 3. The van der Waals surface area contributed by atoms with Gasteiger partial charge in [-0.3, -0.25) is 14.2 Å². The van der Waals surface area contributed by atoms with Crippen molar-refractivity contribution in [1.29, 1.82) is 0 Å². The highest BCUT2D eigenvalue weighted by Gasteiger charge is 2.17. The number of fused-ring (bicyclic) bond motifs is 1. The Morgan fingerprint density at radius 2 is 1.77 bits per heavy atom. The molecule has 0 aliphatic carbocycles. The fourth-order valence-corrected chi connectivity index (χ4v) is 3.63. The molecule has 30 heavy (non-hydrogen) atoms. The summed E-state index contributed by atoms with van der Waals surface area (Å²) >= 11 is 0. The van der Waals surface area contributed by atoms with Crippen molar-refractivity contribution >= 4 is 17.5 Å². The highest BCUT2D eigenvalue weighted by molar-refractivity contribution is 5.94. The molecule has 0 bridgehead atoms. The van der Waals surface area contributed by atoms with Crippen LogP contribution in [0, 0.1) is 0 Å². The first-order valence-corrected chi connectivity index (χ1v) is 10.4. The molecule has 0 saturated carbocycles. The van der Waals surface area contributed by atoms with Crippen LogP contribution in [-0.2, 0) is 13.1 Å². The maximum Gasteiger partial charge on any atom is 0.253 e. The molecule has 156 valence electrons. The molecule has 8 nitrogen and oxygen atoms in total. The van der Waals surface area contributed by atoms with E-state index in [4.69, 9.17) is 0 Å². The maximum absolute atomic E-state index is 12.6. The minimum atomic E-state index is 0.132. The van der Waals surface area contributed by atoms with Gasteiger partial charge in [0.2, 0.25) is 0 Å². The van der Waals surface area contributed by atoms with E-state index in [0.29, 0.717) is 19.0 Å². The van der Waals surface area contributed by atoms with Crippen molar-refractivity contribution in [1.82, 2.24) is 30.1 Å². The number of aliphatic imine (C=N–C) groups is 1. The molecule has 1 fully saturated rings. The van der Waals surface area contributed by atoms with Gasteiger partial charge in [-0.15, -0.1) is 10.2 Å². The third kappa shape index (κ3) is 4.59. The van der Waals surface area contributed by atoms with Crippen LogP contribution in [0.25, 0.3) is 5.65 Å². The monoisotopic (exact) mass is 405 g/mol. The quantitative estimate of drug-likeness (QED) is 0.502. The Labute approximate surface area is 176 Å². The lowest BCUT2D eigenvalue weighted by Gasteiger charge is -2.26. The van der Waals surface area contributed by atoms with E-state index in [1.54, 1.807) is 7.05 Å². The number of nitrogens with zero attached hydrogens (tertiary/aromatic N) is 5. The number of piperidine rings is 1. The smallest absolute Gasteiger partial charge is 0.253 e. The first-order valence-electron chi connectivity index (χ1n) is 10.4. The molecule has 1 aliphatic heterocycles. The summed E-state index contributed by atoms with van der Waals surface area (Å²) in [5.74, 6) is 1.62. The van der Waals surface area contributed by atoms with Crippen molar-refractivity contribution in [2.24, 2.45) is 4.99 Å². The number of hydrogen-bond donors (Lipinski definition) is 2. The van der Waals surface area contributed by atoms with E-state index in [2.05, 4.69) is 25.8 Å². The molecule has 2 aromatic heterocycles. The number of pyridine rings is 1. The minimum Gasteiger partial charge on any atom is -0.352 e. The highest BCUT2D eigenvalue weighted by Crippen LogP contribution is 2.14. The van der Waals surface area contributed by atoms with Gasteiger partial charge in [-0.2, -0.15) is 0 Å². The van der Waals surface area contributed by atoms with E-state index >= 15 is 0 Å². The van der Waals surface area contributed by atoms with Crippen molar-refractivity contribution in [3.63, 3.8) is 0 Å². The second-order valence-electron chi connectivity index (χ2n) is 7.37. The minimum absolute atomic E-state index is 0.132. The molecule has 0 unspecified atom stereocenters. The summed E-state index contributed by atoms with van der Waals surface area (Å²) in [6, 6.07) is 13.6. The Kier molecular flexibility index (Phi) is 6.22. The van der Waals surface area contributed by atoms with Crippen molar-refractivity contribution < 1.29 is 4.79 Å². The zero-order chi connectivity index (χ0) is 20.8. The Morgan fingerprint density at radius 1 is 1.00 bits per heavy atom.